The van der Waals surface area contributed by atoms with Crippen LogP contribution in [-0.2, 0) is 6.54 Å². The van der Waals surface area contributed by atoms with Crippen LogP contribution < -0.4 is 10.6 Å². The summed E-state index contributed by atoms with van der Waals surface area (Å²) in [7, 11) is 1.64. The lowest BCUT2D eigenvalue weighted by atomic mass is 10.1. The average Bonchev–Trinajstić information content (AvgIpc) is 2.45. The zero-order valence-electron chi connectivity index (χ0n) is 10.3. The van der Waals surface area contributed by atoms with E-state index in [0.29, 0.717) is 12.1 Å². The molecule has 18 heavy (non-hydrogen) atoms. The van der Waals surface area contributed by atoms with E-state index >= 15 is 0 Å². The summed E-state index contributed by atoms with van der Waals surface area (Å²) in [6.45, 7) is 0.703. The van der Waals surface area contributed by atoms with E-state index in [2.05, 4.69) is 22.8 Å². The molecule has 0 aromatic heterocycles. The zero-order valence-corrected chi connectivity index (χ0v) is 10.3. The first-order chi connectivity index (χ1) is 8.81. The predicted octanol–water partition coefficient (Wildman–Crippen LogP) is 2.66. The maximum atomic E-state index is 11.7. The molecule has 3 nitrogen and oxygen atoms in total. The molecule has 0 aliphatic heterocycles. The Morgan fingerprint density at radius 2 is 1.67 bits per heavy atom. The summed E-state index contributed by atoms with van der Waals surface area (Å²) in [4.78, 5) is 11.7. The molecule has 0 saturated heterocycles. The molecule has 92 valence electrons. The van der Waals surface area contributed by atoms with Crippen LogP contribution in [0, 0.1) is 0 Å². The molecule has 0 heterocycles. The second-order valence-corrected chi connectivity index (χ2v) is 3.96. The van der Waals surface area contributed by atoms with Gasteiger partial charge in [0.1, 0.15) is 0 Å². The van der Waals surface area contributed by atoms with Crippen molar-refractivity contribution < 1.29 is 4.79 Å². The summed E-state index contributed by atoms with van der Waals surface area (Å²) in [5, 5.41) is 5.92. The van der Waals surface area contributed by atoms with E-state index in [1.165, 1.54) is 5.56 Å². The molecule has 0 aliphatic rings. The van der Waals surface area contributed by atoms with Gasteiger partial charge in [-0.1, -0.05) is 42.5 Å². The molecule has 2 aromatic rings. The van der Waals surface area contributed by atoms with Crippen molar-refractivity contribution in [1.82, 2.24) is 5.32 Å². The number of carbonyl (C=O) groups is 1. The van der Waals surface area contributed by atoms with E-state index in [4.69, 9.17) is 0 Å². The minimum absolute atomic E-state index is 0.0776. The van der Waals surface area contributed by atoms with Crippen LogP contribution in [0.15, 0.2) is 54.6 Å². The Bertz CT molecular complexity index is 523. The highest BCUT2D eigenvalue weighted by molar-refractivity contribution is 5.99. The van der Waals surface area contributed by atoms with E-state index in [-0.39, 0.29) is 5.91 Å². The number of carbonyl (C=O) groups excluding carboxylic acids is 1. The topological polar surface area (TPSA) is 41.1 Å². The number of rotatable bonds is 4. The molecule has 0 atom stereocenters. The monoisotopic (exact) mass is 240 g/mol. The van der Waals surface area contributed by atoms with E-state index in [0.717, 1.165) is 5.69 Å². The molecular formula is C15H16N2O. The van der Waals surface area contributed by atoms with E-state index < -0.39 is 0 Å². The molecule has 0 spiro atoms. The third kappa shape index (κ3) is 2.88. The van der Waals surface area contributed by atoms with Crippen LogP contribution in [0.1, 0.15) is 15.9 Å². The van der Waals surface area contributed by atoms with Crippen LogP contribution in [0.3, 0.4) is 0 Å². The molecule has 3 heteroatoms. The second-order valence-electron chi connectivity index (χ2n) is 3.96. The van der Waals surface area contributed by atoms with Gasteiger partial charge in [-0.25, -0.2) is 0 Å². The Balaban J connectivity index is 2.12. The first kappa shape index (κ1) is 12.2. The molecule has 0 saturated carbocycles. The quantitative estimate of drug-likeness (QED) is 0.862. The number of hydrogen-bond donors (Lipinski definition) is 2. The number of para-hydroxylation sites is 1. The SMILES string of the molecule is CNC(=O)c1ccccc1NCc1ccccc1. The Labute approximate surface area is 107 Å². The molecule has 0 aliphatic carbocycles. The lowest BCUT2D eigenvalue weighted by Crippen LogP contribution is -2.19. The van der Waals surface area contributed by atoms with Crippen molar-refractivity contribution in [3.8, 4) is 0 Å². The van der Waals surface area contributed by atoms with Crippen LogP contribution in [0.5, 0.6) is 0 Å². The second kappa shape index (κ2) is 5.87. The van der Waals surface area contributed by atoms with E-state index in [9.17, 15) is 4.79 Å². The van der Waals surface area contributed by atoms with Crippen molar-refractivity contribution in [2.45, 2.75) is 6.54 Å². The standard InChI is InChI=1S/C15H16N2O/c1-16-15(18)13-9-5-6-10-14(13)17-11-12-7-3-2-4-8-12/h2-10,17H,11H2,1H3,(H,16,18). The van der Waals surface area contributed by atoms with Gasteiger partial charge in [0, 0.05) is 19.3 Å². The van der Waals surface area contributed by atoms with Crippen molar-refractivity contribution in [3.05, 3.63) is 65.7 Å². The average molecular weight is 240 g/mol. The number of benzene rings is 2. The summed E-state index contributed by atoms with van der Waals surface area (Å²) in [6.07, 6.45) is 0. The van der Waals surface area contributed by atoms with Crippen LogP contribution in [0.2, 0.25) is 0 Å². The fourth-order valence-corrected chi connectivity index (χ4v) is 1.76. The molecule has 0 bridgehead atoms. The Kier molecular flexibility index (Phi) is 3.97. The van der Waals surface area contributed by atoms with Gasteiger partial charge in [0.25, 0.3) is 5.91 Å². The third-order valence-corrected chi connectivity index (χ3v) is 2.72. The zero-order chi connectivity index (χ0) is 12.8. The van der Waals surface area contributed by atoms with Crippen LogP contribution >= 0.6 is 0 Å². The molecule has 2 rings (SSSR count). The van der Waals surface area contributed by atoms with Gasteiger partial charge in [0.15, 0.2) is 0 Å². The maximum absolute atomic E-state index is 11.7. The largest absolute Gasteiger partial charge is 0.380 e. The Morgan fingerprint density at radius 1 is 1.00 bits per heavy atom. The minimum Gasteiger partial charge on any atom is -0.380 e. The number of nitrogens with one attached hydrogen (secondary N) is 2. The fraction of sp³-hybridized carbons (Fsp3) is 0.133. The Morgan fingerprint density at radius 3 is 2.39 bits per heavy atom. The summed E-state index contributed by atoms with van der Waals surface area (Å²) in [5.41, 5.74) is 2.70. The lowest BCUT2D eigenvalue weighted by Gasteiger charge is -2.11. The van der Waals surface area contributed by atoms with Crippen molar-refractivity contribution >= 4 is 11.6 Å². The first-order valence-corrected chi connectivity index (χ1v) is 5.90. The summed E-state index contributed by atoms with van der Waals surface area (Å²) in [6, 6.07) is 17.6. The third-order valence-electron chi connectivity index (χ3n) is 2.72. The summed E-state index contributed by atoms with van der Waals surface area (Å²) >= 11 is 0. The van der Waals surface area contributed by atoms with Gasteiger partial charge >= 0.3 is 0 Å². The van der Waals surface area contributed by atoms with Gasteiger partial charge < -0.3 is 10.6 Å². The molecule has 0 fully saturated rings. The summed E-state index contributed by atoms with van der Waals surface area (Å²) < 4.78 is 0. The molecule has 1 amide bonds. The van der Waals surface area contributed by atoms with Crippen molar-refractivity contribution in [2.75, 3.05) is 12.4 Å². The molecular weight excluding hydrogens is 224 g/mol. The highest BCUT2D eigenvalue weighted by Crippen LogP contribution is 2.15. The number of amides is 1. The fourth-order valence-electron chi connectivity index (χ4n) is 1.76. The van der Waals surface area contributed by atoms with Crippen molar-refractivity contribution in [2.24, 2.45) is 0 Å². The molecule has 2 N–H and O–H groups in total. The maximum Gasteiger partial charge on any atom is 0.253 e. The highest BCUT2D eigenvalue weighted by Gasteiger charge is 2.08. The van der Waals surface area contributed by atoms with Gasteiger partial charge in [-0.3, -0.25) is 4.79 Å². The van der Waals surface area contributed by atoms with Gasteiger partial charge in [0.2, 0.25) is 0 Å². The number of hydrogen-bond acceptors (Lipinski definition) is 2. The van der Waals surface area contributed by atoms with Gasteiger partial charge in [-0.2, -0.15) is 0 Å². The normalized spacial score (nSPS) is 9.83. The van der Waals surface area contributed by atoms with Gasteiger partial charge in [0.05, 0.1) is 5.56 Å². The smallest absolute Gasteiger partial charge is 0.253 e. The van der Waals surface area contributed by atoms with Crippen LogP contribution in [0.4, 0.5) is 5.69 Å². The predicted molar refractivity (Wildman–Crippen MR) is 73.6 cm³/mol. The van der Waals surface area contributed by atoms with Crippen LogP contribution in [0.25, 0.3) is 0 Å². The molecule has 0 radical (unpaired) electrons. The van der Waals surface area contributed by atoms with Crippen molar-refractivity contribution in [3.63, 3.8) is 0 Å². The van der Waals surface area contributed by atoms with E-state index in [1.54, 1.807) is 7.05 Å². The van der Waals surface area contributed by atoms with Gasteiger partial charge in [-0.15, -0.1) is 0 Å². The van der Waals surface area contributed by atoms with Crippen molar-refractivity contribution in [1.29, 1.82) is 0 Å². The minimum atomic E-state index is -0.0776. The van der Waals surface area contributed by atoms with Crippen LogP contribution in [-0.4, -0.2) is 13.0 Å². The number of anilines is 1. The first-order valence-electron chi connectivity index (χ1n) is 5.90. The molecule has 0 unspecified atom stereocenters. The lowest BCUT2D eigenvalue weighted by molar-refractivity contribution is 0.0964. The molecule has 2 aromatic carbocycles. The van der Waals surface area contributed by atoms with E-state index in [1.807, 2.05) is 42.5 Å². The summed E-state index contributed by atoms with van der Waals surface area (Å²) in [5.74, 6) is -0.0776. The Hall–Kier alpha value is -2.29. The van der Waals surface area contributed by atoms with Gasteiger partial charge in [-0.05, 0) is 17.7 Å². The highest BCUT2D eigenvalue weighted by atomic mass is 16.1.